The van der Waals surface area contributed by atoms with E-state index < -0.39 is 5.92 Å². The summed E-state index contributed by atoms with van der Waals surface area (Å²) in [5, 5.41) is 3.33. The van der Waals surface area contributed by atoms with Crippen LogP contribution >= 0.6 is 11.3 Å². The van der Waals surface area contributed by atoms with Crippen molar-refractivity contribution in [1.29, 1.82) is 0 Å². The minimum Gasteiger partial charge on any atom is -0.497 e. The smallest absolute Gasteiger partial charge is 0.231 e. The SMILES string of the molecule is COc1ccc(N2C[C@@H](C(=O)Nc3ncc(C)s3)CC2=O)c(OC)c1. The summed E-state index contributed by atoms with van der Waals surface area (Å²) in [4.78, 5) is 31.6. The van der Waals surface area contributed by atoms with Crippen LogP contribution in [-0.4, -0.2) is 37.6 Å². The lowest BCUT2D eigenvalue weighted by Crippen LogP contribution is -2.28. The number of methoxy groups -OCH3 is 2. The lowest BCUT2D eigenvalue weighted by Gasteiger charge is -2.20. The molecule has 0 unspecified atom stereocenters. The predicted octanol–water partition coefficient (Wildman–Crippen LogP) is 2.46. The number of nitrogens with zero attached hydrogens (tertiary/aromatic N) is 2. The number of carbonyl (C=O) groups excluding carboxylic acids is 2. The first-order valence-corrected chi connectivity index (χ1v) is 8.59. The van der Waals surface area contributed by atoms with E-state index in [2.05, 4.69) is 10.3 Å². The molecule has 0 bridgehead atoms. The van der Waals surface area contributed by atoms with E-state index in [1.54, 1.807) is 36.4 Å². The number of aromatic nitrogens is 1. The van der Waals surface area contributed by atoms with Crippen molar-refractivity contribution in [2.24, 2.45) is 5.92 Å². The Morgan fingerprint density at radius 1 is 1.36 bits per heavy atom. The quantitative estimate of drug-likeness (QED) is 0.885. The maximum absolute atomic E-state index is 12.4. The normalized spacial score (nSPS) is 16.8. The summed E-state index contributed by atoms with van der Waals surface area (Å²) < 4.78 is 10.5. The maximum atomic E-state index is 12.4. The van der Waals surface area contributed by atoms with Crippen molar-refractivity contribution in [1.82, 2.24) is 4.98 Å². The Labute approximate surface area is 149 Å². The molecule has 0 aliphatic carbocycles. The van der Waals surface area contributed by atoms with Gasteiger partial charge in [-0.15, -0.1) is 11.3 Å². The van der Waals surface area contributed by atoms with Crippen molar-refractivity contribution < 1.29 is 19.1 Å². The average molecular weight is 361 g/mol. The fourth-order valence-electron chi connectivity index (χ4n) is 2.74. The molecule has 2 heterocycles. The highest BCUT2D eigenvalue weighted by molar-refractivity contribution is 7.15. The Morgan fingerprint density at radius 2 is 2.16 bits per heavy atom. The molecule has 2 amide bonds. The summed E-state index contributed by atoms with van der Waals surface area (Å²) >= 11 is 1.41. The summed E-state index contributed by atoms with van der Waals surface area (Å²) in [7, 11) is 3.10. The van der Waals surface area contributed by atoms with Gasteiger partial charge in [-0.3, -0.25) is 9.59 Å². The summed E-state index contributed by atoms with van der Waals surface area (Å²) in [6.45, 7) is 2.22. The van der Waals surface area contributed by atoms with Gasteiger partial charge in [-0.05, 0) is 19.1 Å². The Kier molecular flexibility index (Phi) is 4.89. The Hall–Kier alpha value is -2.61. The number of hydrogen-bond donors (Lipinski definition) is 1. The summed E-state index contributed by atoms with van der Waals surface area (Å²) in [5.41, 5.74) is 0.633. The third-order valence-corrected chi connectivity index (χ3v) is 4.85. The van der Waals surface area contributed by atoms with Crippen molar-refractivity contribution in [2.45, 2.75) is 13.3 Å². The minimum absolute atomic E-state index is 0.112. The molecule has 8 heteroatoms. The fraction of sp³-hybridized carbons (Fsp3) is 0.353. The van der Waals surface area contributed by atoms with E-state index in [0.29, 0.717) is 28.9 Å². The van der Waals surface area contributed by atoms with E-state index >= 15 is 0 Å². The van der Waals surface area contributed by atoms with E-state index in [0.717, 1.165) is 4.88 Å². The number of thiazole rings is 1. The van der Waals surface area contributed by atoms with E-state index in [1.165, 1.54) is 18.4 Å². The average Bonchev–Trinajstić information content (AvgIpc) is 3.19. The highest BCUT2D eigenvalue weighted by atomic mass is 32.1. The minimum atomic E-state index is -0.427. The number of carbonyl (C=O) groups is 2. The molecule has 3 rings (SSSR count). The first kappa shape index (κ1) is 17.2. The number of ether oxygens (including phenoxy) is 2. The number of anilines is 2. The third kappa shape index (κ3) is 3.58. The van der Waals surface area contributed by atoms with Crippen LogP contribution in [-0.2, 0) is 9.59 Å². The second-order valence-electron chi connectivity index (χ2n) is 5.71. The van der Waals surface area contributed by atoms with Crippen LogP contribution in [0, 0.1) is 12.8 Å². The highest BCUT2D eigenvalue weighted by Crippen LogP contribution is 2.36. The maximum Gasteiger partial charge on any atom is 0.231 e. The number of nitrogens with one attached hydrogen (secondary N) is 1. The molecule has 1 saturated heterocycles. The van der Waals surface area contributed by atoms with Crippen molar-refractivity contribution in [3.8, 4) is 11.5 Å². The Balaban J connectivity index is 1.75. The van der Waals surface area contributed by atoms with Crippen molar-refractivity contribution in [3.05, 3.63) is 29.3 Å². The van der Waals surface area contributed by atoms with Crippen LogP contribution in [0.15, 0.2) is 24.4 Å². The first-order valence-electron chi connectivity index (χ1n) is 7.77. The molecule has 1 N–H and O–H groups in total. The molecular formula is C17H19N3O4S. The molecular weight excluding hydrogens is 342 g/mol. The fourth-order valence-corrected chi connectivity index (χ4v) is 3.41. The van der Waals surface area contributed by atoms with E-state index in [9.17, 15) is 9.59 Å². The lowest BCUT2D eigenvalue weighted by molar-refractivity contribution is -0.122. The molecule has 25 heavy (non-hydrogen) atoms. The van der Waals surface area contributed by atoms with Gasteiger partial charge in [0.2, 0.25) is 11.8 Å². The molecule has 1 aromatic heterocycles. The standard InChI is InChI=1S/C17H19N3O4S/c1-10-8-18-17(25-10)19-16(22)11-6-15(21)20(9-11)13-5-4-12(23-2)7-14(13)24-3/h4-5,7-8,11H,6,9H2,1-3H3,(H,18,19,22)/t11-/m0/s1. The molecule has 132 valence electrons. The summed E-state index contributed by atoms with van der Waals surface area (Å²) in [6.07, 6.45) is 1.86. The Morgan fingerprint density at radius 3 is 2.80 bits per heavy atom. The summed E-state index contributed by atoms with van der Waals surface area (Å²) in [5.74, 6) is 0.435. The Bertz CT molecular complexity index is 805. The van der Waals surface area contributed by atoms with Gasteiger partial charge in [0.15, 0.2) is 5.13 Å². The lowest BCUT2D eigenvalue weighted by atomic mass is 10.1. The van der Waals surface area contributed by atoms with E-state index in [4.69, 9.17) is 9.47 Å². The molecule has 1 aliphatic heterocycles. The number of hydrogen-bond acceptors (Lipinski definition) is 6. The van der Waals surface area contributed by atoms with Gasteiger partial charge in [-0.25, -0.2) is 4.98 Å². The largest absolute Gasteiger partial charge is 0.497 e. The third-order valence-electron chi connectivity index (χ3n) is 4.02. The van der Waals surface area contributed by atoms with Crippen LogP contribution in [0.1, 0.15) is 11.3 Å². The predicted molar refractivity (Wildman–Crippen MR) is 95.5 cm³/mol. The molecule has 1 aliphatic rings. The van der Waals surface area contributed by atoms with Crippen LogP contribution in [0.3, 0.4) is 0 Å². The van der Waals surface area contributed by atoms with E-state index in [1.807, 2.05) is 6.92 Å². The van der Waals surface area contributed by atoms with Crippen molar-refractivity contribution in [3.63, 3.8) is 0 Å². The van der Waals surface area contributed by atoms with Crippen molar-refractivity contribution >= 4 is 34.0 Å². The zero-order chi connectivity index (χ0) is 18.0. The molecule has 1 fully saturated rings. The number of aryl methyl sites for hydroxylation is 1. The highest BCUT2D eigenvalue weighted by Gasteiger charge is 2.36. The van der Waals surface area contributed by atoms with Gasteiger partial charge >= 0.3 is 0 Å². The number of amides is 2. The number of rotatable bonds is 5. The van der Waals surface area contributed by atoms with Crippen LogP contribution in [0.4, 0.5) is 10.8 Å². The summed E-state index contributed by atoms with van der Waals surface area (Å²) in [6, 6.07) is 5.24. The van der Waals surface area contributed by atoms with Crippen LogP contribution < -0.4 is 19.7 Å². The first-order chi connectivity index (χ1) is 12.0. The zero-order valence-electron chi connectivity index (χ0n) is 14.2. The van der Waals surface area contributed by atoms with Gasteiger partial charge in [0.05, 0.1) is 25.8 Å². The monoisotopic (exact) mass is 361 g/mol. The molecule has 1 aromatic carbocycles. The van der Waals surface area contributed by atoms with Crippen LogP contribution in [0.25, 0.3) is 0 Å². The number of benzene rings is 1. The molecule has 0 spiro atoms. The van der Waals surface area contributed by atoms with Crippen LogP contribution in [0.5, 0.6) is 11.5 Å². The van der Waals surface area contributed by atoms with Gasteiger partial charge in [-0.2, -0.15) is 0 Å². The van der Waals surface area contributed by atoms with E-state index in [-0.39, 0.29) is 18.2 Å². The zero-order valence-corrected chi connectivity index (χ0v) is 15.1. The topological polar surface area (TPSA) is 80.8 Å². The molecule has 0 radical (unpaired) electrons. The van der Waals surface area contributed by atoms with Gasteiger partial charge in [0.1, 0.15) is 11.5 Å². The molecule has 1 atom stereocenters. The second kappa shape index (κ2) is 7.10. The van der Waals surface area contributed by atoms with Gasteiger partial charge in [-0.1, -0.05) is 0 Å². The van der Waals surface area contributed by atoms with Crippen LogP contribution in [0.2, 0.25) is 0 Å². The van der Waals surface area contributed by atoms with Gasteiger partial charge in [0, 0.05) is 30.1 Å². The second-order valence-corrected chi connectivity index (χ2v) is 6.94. The molecule has 0 saturated carbocycles. The molecule has 7 nitrogen and oxygen atoms in total. The van der Waals surface area contributed by atoms with Gasteiger partial charge in [0.25, 0.3) is 0 Å². The molecule has 2 aromatic rings. The van der Waals surface area contributed by atoms with Gasteiger partial charge < -0.3 is 19.7 Å². The van der Waals surface area contributed by atoms with Crippen molar-refractivity contribution in [2.75, 3.05) is 31.0 Å².